The molecule has 2 aliphatic rings. The smallest absolute Gasteiger partial charge is 0.255 e. The number of hydrogen-bond acceptors (Lipinski definition) is 8. The summed E-state index contributed by atoms with van der Waals surface area (Å²) in [6, 6.07) is 19.6. The Morgan fingerprint density at radius 3 is 2.43 bits per heavy atom. The van der Waals surface area contributed by atoms with Crippen molar-refractivity contribution in [3.63, 3.8) is 0 Å². The van der Waals surface area contributed by atoms with Crippen LogP contribution in [0.1, 0.15) is 73.4 Å². The number of amides is 5. The summed E-state index contributed by atoms with van der Waals surface area (Å²) in [5, 5.41) is 14.4. The predicted molar refractivity (Wildman–Crippen MR) is 202 cm³/mol. The van der Waals surface area contributed by atoms with Crippen molar-refractivity contribution in [2.75, 3.05) is 33.4 Å². The van der Waals surface area contributed by atoms with Gasteiger partial charge in [-0.15, -0.1) is 0 Å². The molecule has 1 spiro atoms. The molecule has 0 unspecified atom stereocenters. The maximum Gasteiger partial charge on any atom is 0.255 e. The molecule has 3 aromatic carbocycles. The minimum atomic E-state index is -1.28. The molecule has 1 aliphatic carbocycles. The van der Waals surface area contributed by atoms with Gasteiger partial charge in [-0.2, -0.15) is 0 Å². The van der Waals surface area contributed by atoms with Gasteiger partial charge < -0.3 is 40.8 Å². The molecule has 5 rings (SSSR count). The largest absolute Gasteiger partial charge is 0.493 e. The molecule has 13 heteroatoms. The fourth-order valence-electron chi connectivity index (χ4n) is 6.83. The molecule has 0 saturated heterocycles. The van der Waals surface area contributed by atoms with E-state index in [1.54, 1.807) is 31.4 Å². The van der Waals surface area contributed by atoms with Gasteiger partial charge in [0.1, 0.15) is 23.4 Å². The lowest BCUT2D eigenvalue weighted by Gasteiger charge is -2.32. The van der Waals surface area contributed by atoms with E-state index in [0.717, 1.165) is 11.1 Å². The van der Waals surface area contributed by atoms with Gasteiger partial charge in [-0.3, -0.25) is 24.0 Å². The van der Waals surface area contributed by atoms with Gasteiger partial charge >= 0.3 is 0 Å². The molecular weight excluding hydrogens is 690 g/mol. The summed E-state index contributed by atoms with van der Waals surface area (Å²) in [6.07, 6.45) is 3.61. The average molecular weight is 742 g/mol. The van der Waals surface area contributed by atoms with Crippen molar-refractivity contribution in [3.8, 4) is 17.2 Å². The summed E-state index contributed by atoms with van der Waals surface area (Å²) in [4.78, 5) is 68.6. The molecule has 1 fully saturated rings. The van der Waals surface area contributed by atoms with Gasteiger partial charge in [-0.25, -0.2) is 0 Å². The van der Waals surface area contributed by atoms with Gasteiger partial charge in [0.15, 0.2) is 11.5 Å². The molecule has 0 bridgehead atoms. The Kier molecular flexibility index (Phi) is 14.3. The van der Waals surface area contributed by atoms with Crippen LogP contribution in [0.3, 0.4) is 0 Å². The highest BCUT2D eigenvalue weighted by Crippen LogP contribution is 2.31. The minimum Gasteiger partial charge on any atom is -0.493 e. The highest BCUT2D eigenvalue weighted by molar-refractivity contribution is 6.01. The summed E-state index contributed by atoms with van der Waals surface area (Å²) in [5.41, 5.74) is 0.782. The third-order valence-electron chi connectivity index (χ3n) is 9.67. The van der Waals surface area contributed by atoms with Gasteiger partial charge in [-0.1, -0.05) is 61.4 Å². The zero-order chi connectivity index (χ0) is 38.3. The number of nitrogens with one attached hydrogen (secondary N) is 5. The maximum absolute atomic E-state index is 14.0. The van der Waals surface area contributed by atoms with Gasteiger partial charge in [0, 0.05) is 19.5 Å². The topological polar surface area (TPSA) is 173 Å². The molecule has 2 atom stereocenters. The Labute approximate surface area is 316 Å². The van der Waals surface area contributed by atoms with Crippen molar-refractivity contribution in [3.05, 3.63) is 89.5 Å². The van der Waals surface area contributed by atoms with Crippen LogP contribution in [0.15, 0.2) is 72.8 Å². The highest BCUT2D eigenvalue weighted by Gasteiger charge is 2.44. The van der Waals surface area contributed by atoms with Crippen molar-refractivity contribution in [1.29, 1.82) is 0 Å². The first-order chi connectivity index (χ1) is 26.2. The number of carbonyl (C=O) groups excluding carboxylic acids is 5. The second-order valence-corrected chi connectivity index (χ2v) is 13.6. The standard InChI is InChI=1S/C41H51N5O8/c1-3-53-34-19-18-29(26-35(34)52-2)15-11-22-42-39(50)32-27-36(47)46-41(20-9-10-21-41)40(51)45-31(25-28-13-5-4-6-14-28)38(49)43-23-12-24-54-33-17-8-7-16-30(33)37(48)44-32/h4-8,13-14,16-19,26,31-32H,3,9-12,15,20-25,27H2,1-2H3,(H,42,50)(H,43,49)(H,44,48)(H,45,51)(H,46,47)/t31-,32-/m0/s1. The fourth-order valence-corrected chi connectivity index (χ4v) is 6.83. The van der Waals surface area contributed by atoms with Crippen LogP contribution in [-0.2, 0) is 32.0 Å². The van der Waals surface area contributed by atoms with E-state index in [-0.39, 0.29) is 37.6 Å². The van der Waals surface area contributed by atoms with Crippen molar-refractivity contribution < 1.29 is 38.2 Å². The van der Waals surface area contributed by atoms with Crippen LogP contribution in [-0.4, -0.2) is 80.6 Å². The number of ether oxygens (including phenoxy) is 3. The Balaban J connectivity index is 1.34. The maximum atomic E-state index is 14.0. The molecule has 1 heterocycles. The number of benzene rings is 3. The monoisotopic (exact) mass is 741 g/mol. The number of aryl methyl sites for hydroxylation is 1. The predicted octanol–water partition coefficient (Wildman–Crippen LogP) is 3.39. The van der Waals surface area contributed by atoms with Crippen molar-refractivity contribution >= 4 is 29.5 Å². The molecule has 13 nitrogen and oxygen atoms in total. The second kappa shape index (κ2) is 19.5. The molecule has 1 saturated carbocycles. The third kappa shape index (κ3) is 10.7. The first-order valence-electron chi connectivity index (χ1n) is 18.7. The lowest BCUT2D eigenvalue weighted by Crippen LogP contribution is -2.62. The van der Waals surface area contributed by atoms with Crippen LogP contribution >= 0.6 is 0 Å². The van der Waals surface area contributed by atoms with Crippen LogP contribution in [0, 0.1) is 0 Å². The van der Waals surface area contributed by atoms with E-state index < -0.39 is 47.7 Å². The lowest BCUT2D eigenvalue weighted by atomic mass is 9.94. The summed E-state index contributed by atoms with van der Waals surface area (Å²) in [7, 11) is 1.58. The summed E-state index contributed by atoms with van der Waals surface area (Å²) < 4.78 is 17.0. The SMILES string of the molecule is CCOc1ccc(CCCNC(=O)[C@@H]2CC(=O)NC3(CCCC3)C(=O)N[C@@H](Cc3ccccc3)C(=O)NCCCOc3ccccc3C(=O)N2)cc1OC. The number of methoxy groups -OCH3 is 1. The molecule has 3 aromatic rings. The first-order valence-corrected chi connectivity index (χ1v) is 18.7. The molecule has 0 radical (unpaired) electrons. The van der Waals surface area contributed by atoms with Crippen molar-refractivity contribution in [1.82, 2.24) is 26.6 Å². The Hall–Kier alpha value is -5.59. The highest BCUT2D eigenvalue weighted by atomic mass is 16.5. The van der Waals surface area contributed by atoms with Crippen LogP contribution < -0.4 is 40.8 Å². The normalized spacial score (nSPS) is 19.4. The van der Waals surface area contributed by atoms with Gasteiger partial charge in [0.05, 0.1) is 32.3 Å². The third-order valence-corrected chi connectivity index (χ3v) is 9.67. The van der Waals surface area contributed by atoms with Crippen LogP contribution in [0.25, 0.3) is 0 Å². The summed E-state index contributed by atoms with van der Waals surface area (Å²) in [6.45, 7) is 3.15. The fraction of sp³-hybridized carbons (Fsp3) is 0.439. The number of rotatable bonds is 10. The molecule has 5 N–H and O–H groups in total. The zero-order valence-electron chi connectivity index (χ0n) is 31.0. The minimum absolute atomic E-state index is 0.190. The van der Waals surface area contributed by atoms with E-state index in [4.69, 9.17) is 14.2 Å². The Morgan fingerprint density at radius 2 is 1.67 bits per heavy atom. The number of fused-ring (bicyclic) bond motifs is 1. The van der Waals surface area contributed by atoms with E-state index in [0.29, 0.717) is 68.8 Å². The lowest BCUT2D eigenvalue weighted by molar-refractivity contribution is -0.136. The van der Waals surface area contributed by atoms with Gasteiger partial charge in [-0.05, 0) is 74.4 Å². The molecule has 288 valence electrons. The van der Waals surface area contributed by atoms with E-state index in [9.17, 15) is 24.0 Å². The molecule has 1 aliphatic heterocycles. The Bertz CT molecular complexity index is 1760. The quantitative estimate of drug-likeness (QED) is 0.197. The molecule has 0 aromatic heterocycles. The van der Waals surface area contributed by atoms with E-state index in [1.807, 2.05) is 55.5 Å². The average Bonchev–Trinajstić information content (AvgIpc) is 3.66. The first kappa shape index (κ1) is 39.6. The van der Waals surface area contributed by atoms with Crippen molar-refractivity contribution in [2.24, 2.45) is 0 Å². The summed E-state index contributed by atoms with van der Waals surface area (Å²) >= 11 is 0. The van der Waals surface area contributed by atoms with Gasteiger partial charge in [0.25, 0.3) is 5.91 Å². The Morgan fingerprint density at radius 1 is 0.907 bits per heavy atom. The molecule has 54 heavy (non-hydrogen) atoms. The van der Waals surface area contributed by atoms with E-state index in [2.05, 4.69) is 26.6 Å². The van der Waals surface area contributed by atoms with Crippen LogP contribution in [0.4, 0.5) is 0 Å². The van der Waals surface area contributed by atoms with Crippen LogP contribution in [0.5, 0.6) is 17.2 Å². The number of para-hydroxylation sites is 1. The zero-order valence-corrected chi connectivity index (χ0v) is 31.0. The van der Waals surface area contributed by atoms with Gasteiger partial charge in [0.2, 0.25) is 23.6 Å². The number of carbonyl (C=O) groups is 5. The molecule has 5 amide bonds. The number of hydrogen-bond donors (Lipinski definition) is 5. The molecular formula is C41H51N5O8. The van der Waals surface area contributed by atoms with Crippen molar-refractivity contribution in [2.45, 2.75) is 82.3 Å². The second-order valence-electron chi connectivity index (χ2n) is 13.6. The van der Waals surface area contributed by atoms with E-state index >= 15 is 0 Å². The van der Waals surface area contributed by atoms with E-state index in [1.165, 1.54) is 0 Å². The van der Waals surface area contributed by atoms with Crippen LogP contribution in [0.2, 0.25) is 0 Å². The summed E-state index contributed by atoms with van der Waals surface area (Å²) in [5.74, 6) is -0.952.